The van der Waals surface area contributed by atoms with E-state index in [1.165, 1.54) is 31.4 Å². The molecular weight excluding hydrogens is 252 g/mol. The van der Waals surface area contributed by atoms with Crippen molar-refractivity contribution in [3.63, 3.8) is 0 Å². The summed E-state index contributed by atoms with van der Waals surface area (Å²) in [5.41, 5.74) is 27.0. The Kier molecular flexibility index (Phi) is 5.94. The molecule has 0 fully saturated rings. The topological polar surface area (TPSA) is 117 Å². The average Bonchev–Trinajstić information content (AvgIpc) is 2.47. The molecule has 0 saturated carbocycles. The zero-order valence-corrected chi connectivity index (χ0v) is 10.5. The Labute approximate surface area is 115 Å². The van der Waals surface area contributed by atoms with Gasteiger partial charge in [0, 0.05) is 0 Å². The molecule has 0 unspecified atom stereocenters. The Morgan fingerprint density at radius 1 is 0.500 bits per heavy atom. The molecule has 0 spiro atoms. The molecule has 0 heterocycles. The minimum absolute atomic E-state index is 1.31. The van der Waals surface area contributed by atoms with Crippen molar-refractivity contribution in [2.24, 2.45) is 0 Å². The third kappa shape index (κ3) is 3.92. The van der Waals surface area contributed by atoms with Crippen LogP contribution < -0.4 is 0 Å². The summed E-state index contributed by atoms with van der Waals surface area (Å²) in [6.45, 7) is 0. The summed E-state index contributed by atoms with van der Waals surface area (Å²) in [4.78, 5) is 3.00. The highest BCUT2D eigenvalue weighted by molar-refractivity contribution is 5.98. The lowest BCUT2D eigenvalue weighted by Crippen LogP contribution is -1.74. The molecule has 0 aromatic heterocycles. The molecule has 0 aliphatic rings. The number of nitrogens with zero attached hydrogens (tertiary/aromatic N) is 6. The summed E-state index contributed by atoms with van der Waals surface area (Å²) >= 11 is 0. The fourth-order valence-corrected chi connectivity index (χ4v) is 1.88. The summed E-state index contributed by atoms with van der Waals surface area (Å²) < 4.78 is 0. The van der Waals surface area contributed by atoms with Gasteiger partial charge in [-0.1, -0.05) is 48.5 Å². The van der Waals surface area contributed by atoms with Crippen molar-refractivity contribution in [1.82, 2.24) is 0 Å². The lowest BCUT2D eigenvalue weighted by molar-refractivity contribution is 1.76. The summed E-state index contributed by atoms with van der Waals surface area (Å²) in [5, 5.41) is 5.25. The number of hydrogen-bond acceptors (Lipinski definition) is 0. The van der Waals surface area contributed by atoms with Crippen LogP contribution in [0.4, 0.5) is 0 Å². The Morgan fingerprint density at radius 3 is 0.900 bits per heavy atom. The monoisotopic (exact) mass is 262 g/mol. The molecule has 3 aromatic rings. The van der Waals surface area contributed by atoms with E-state index in [1.54, 1.807) is 0 Å². The van der Waals surface area contributed by atoms with Crippen molar-refractivity contribution in [1.29, 1.82) is 0 Å². The van der Waals surface area contributed by atoms with Gasteiger partial charge in [-0.25, -0.2) is 0 Å². The summed E-state index contributed by atoms with van der Waals surface area (Å²) in [7, 11) is 0. The van der Waals surface area contributed by atoms with E-state index in [0.717, 1.165) is 0 Å². The first-order valence-corrected chi connectivity index (χ1v) is 5.61. The highest BCUT2D eigenvalue weighted by atomic mass is 15.0. The molecule has 98 valence electrons. The first kappa shape index (κ1) is 14.9. The van der Waals surface area contributed by atoms with Crippen molar-refractivity contribution < 1.29 is 0 Å². The molecule has 0 atom stereocenters. The maximum Gasteiger partial charge on any atom is -0.0178 e. The van der Waals surface area contributed by atoms with Crippen molar-refractivity contribution >= 4 is 21.5 Å². The van der Waals surface area contributed by atoms with Gasteiger partial charge in [0.05, 0.1) is 0 Å². The smallest absolute Gasteiger partial charge is 0.0178 e. The molecule has 0 saturated heterocycles. The fraction of sp³-hybridized carbons (Fsp3) is 0. The fourth-order valence-electron chi connectivity index (χ4n) is 1.88. The number of hydrogen-bond donors (Lipinski definition) is 0. The molecule has 6 heteroatoms. The third-order valence-electron chi connectivity index (χ3n) is 2.61. The van der Waals surface area contributed by atoms with E-state index < -0.39 is 0 Å². The first-order valence-electron chi connectivity index (χ1n) is 5.61. The van der Waals surface area contributed by atoms with E-state index in [0.29, 0.717) is 0 Å². The van der Waals surface area contributed by atoms with Crippen LogP contribution in [0.15, 0.2) is 60.7 Å². The highest BCUT2D eigenvalue weighted by Crippen LogP contribution is 2.21. The highest BCUT2D eigenvalue weighted by Gasteiger charge is 1.95. The second-order valence-corrected chi connectivity index (χ2v) is 3.73. The van der Waals surface area contributed by atoms with Gasteiger partial charge in [-0.15, -0.1) is 0 Å². The molecule has 0 aliphatic carbocycles. The van der Waals surface area contributed by atoms with E-state index in [9.17, 15) is 0 Å². The van der Waals surface area contributed by atoms with Crippen LogP contribution in [-0.2, 0) is 0 Å². The van der Waals surface area contributed by atoms with Gasteiger partial charge in [0.15, 0.2) is 0 Å². The van der Waals surface area contributed by atoms with Gasteiger partial charge in [-0.2, -0.15) is 0 Å². The number of benzene rings is 3. The molecule has 20 heavy (non-hydrogen) atoms. The maximum atomic E-state index is 6.75. The number of rotatable bonds is 0. The molecule has 3 rings (SSSR count). The maximum absolute atomic E-state index is 6.75. The summed E-state index contributed by atoms with van der Waals surface area (Å²) in [6, 6.07) is 21.4. The van der Waals surface area contributed by atoms with E-state index >= 15 is 0 Å². The van der Waals surface area contributed by atoms with Crippen LogP contribution in [0.1, 0.15) is 0 Å². The minimum Gasteiger partial charge on any atom is -0.373 e. The van der Waals surface area contributed by atoms with Gasteiger partial charge in [-0.05, 0) is 33.7 Å². The molecule has 0 N–H and O–H groups in total. The lowest BCUT2D eigenvalue weighted by atomic mass is 10.0. The quantitative estimate of drug-likeness (QED) is 0.213. The van der Waals surface area contributed by atoms with Crippen LogP contribution in [0.2, 0.25) is 0 Å². The van der Waals surface area contributed by atoms with Crippen LogP contribution in [0.5, 0.6) is 0 Å². The van der Waals surface area contributed by atoms with E-state index in [2.05, 4.69) is 60.7 Å². The van der Waals surface area contributed by atoms with E-state index in [4.69, 9.17) is 22.1 Å². The van der Waals surface area contributed by atoms with Gasteiger partial charge in [0.1, 0.15) is 0 Å². The van der Waals surface area contributed by atoms with Crippen LogP contribution in [0.25, 0.3) is 53.5 Å². The predicted octanol–water partition coefficient (Wildman–Crippen LogP) is 5.73. The summed E-state index contributed by atoms with van der Waals surface area (Å²) in [6.07, 6.45) is 0. The molecule has 0 amide bonds. The average molecular weight is 262 g/mol. The zero-order valence-electron chi connectivity index (χ0n) is 10.5. The van der Waals surface area contributed by atoms with Gasteiger partial charge in [0.25, 0.3) is 0 Å². The van der Waals surface area contributed by atoms with Crippen molar-refractivity contribution in [2.45, 2.75) is 0 Å². The van der Waals surface area contributed by atoms with Crippen LogP contribution in [0, 0.1) is 0 Å². The largest absolute Gasteiger partial charge is 0.373 e. The molecule has 6 nitrogen and oxygen atoms in total. The second-order valence-electron chi connectivity index (χ2n) is 3.73. The van der Waals surface area contributed by atoms with Crippen molar-refractivity contribution in [2.75, 3.05) is 0 Å². The van der Waals surface area contributed by atoms with Crippen LogP contribution >= 0.6 is 0 Å². The van der Waals surface area contributed by atoms with Crippen LogP contribution in [0.3, 0.4) is 0 Å². The number of fused-ring (bicyclic) bond motifs is 2. The van der Waals surface area contributed by atoms with E-state index in [-0.39, 0.29) is 0 Å². The minimum atomic E-state index is 1.31. The summed E-state index contributed by atoms with van der Waals surface area (Å²) in [5.74, 6) is 0. The Bertz CT molecular complexity index is 652. The third-order valence-corrected chi connectivity index (χ3v) is 2.61. The van der Waals surface area contributed by atoms with Crippen LogP contribution in [-0.4, -0.2) is 0 Å². The van der Waals surface area contributed by atoms with Gasteiger partial charge in [-0.3, -0.25) is 9.82 Å². The van der Waals surface area contributed by atoms with Crippen molar-refractivity contribution in [3.05, 3.63) is 92.6 Å². The Hall–Kier alpha value is -3.20. The van der Waals surface area contributed by atoms with Gasteiger partial charge < -0.3 is 22.1 Å². The SMILES string of the molecule is [N-]=[N+]=[N-].[N-]=[N+]=[N-].c1ccc2cc3ccccc3cc2c1. The van der Waals surface area contributed by atoms with Gasteiger partial charge in [0.2, 0.25) is 0 Å². The zero-order chi connectivity index (χ0) is 14.8. The normalized spacial score (nSPS) is 8.40. The van der Waals surface area contributed by atoms with E-state index in [1.807, 2.05) is 0 Å². The molecule has 0 radical (unpaired) electrons. The Morgan fingerprint density at radius 2 is 0.700 bits per heavy atom. The molecular formula is C14H10N6-2. The standard InChI is InChI=1S/C14H10.2N3/c1-2-6-12-10-14-8-4-3-7-13(14)9-11(12)5-1;2*1-3-2/h1-10H;;/q;2*-1. The lowest BCUT2D eigenvalue weighted by Gasteiger charge is -2.00. The Balaban J connectivity index is 0.000000290. The molecule has 0 aliphatic heterocycles. The first-order chi connectivity index (χ1) is 9.76. The van der Waals surface area contributed by atoms with Crippen molar-refractivity contribution in [3.8, 4) is 0 Å². The predicted molar refractivity (Wildman–Crippen MR) is 81.6 cm³/mol. The van der Waals surface area contributed by atoms with Gasteiger partial charge >= 0.3 is 0 Å². The molecule has 0 bridgehead atoms. The molecule has 3 aromatic carbocycles. The second kappa shape index (κ2) is 8.00.